The molecule has 148 valence electrons. The summed E-state index contributed by atoms with van der Waals surface area (Å²) in [5, 5.41) is 5.10. The van der Waals surface area contributed by atoms with Gasteiger partial charge in [-0.3, -0.25) is 10.1 Å². The molecule has 0 aliphatic rings. The molecule has 0 aliphatic carbocycles. The number of alkyl halides is 3. The zero-order valence-corrected chi connectivity index (χ0v) is 18.3. The molecule has 1 amide bonds. The van der Waals surface area contributed by atoms with Crippen molar-refractivity contribution in [1.82, 2.24) is 5.32 Å². The molecule has 3 rings (SSSR count). The van der Waals surface area contributed by atoms with Crippen LogP contribution in [0.25, 0.3) is 0 Å². The first-order valence-corrected chi connectivity index (χ1v) is 11.6. The van der Waals surface area contributed by atoms with Gasteiger partial charge >= 0.3 is 0 Å². The van der Waals surface area contributed by atoms with E-state index >= 15 is 0 Å². The van der Waals surface area contributed by atoms with Crippen LogP contribution in [0.15, 0.2) is 103 Å². The zero-order valence-electron chi connectivity index (χ0n) is 15.1. The third kappa shape index (κ3) is 4.49. The van der Waals surface area contributed by atoms with Crippen molar-refractivity contribution in [2.45, 2.75) is 3.79 Å². The van der Waals surface area contributed by atoms with Crippen molar-refractivity contribution in [1.29, 1.82) is 0 Å². The van der Waals surface area contributed by atoms with Crippen molar-refractivity contribution >= 4 is 63.9 Å². The Kier molecular flexibility index (Phi) is 6.97. The molecule has 1 N–H and O–H groups in total. The molecule has 0 unspecified atom stereocenters. The number of benzene rings is 3. The molecule has 2 nitrogen and oxygen atoms in total. The van der Waals surface area contributed by atoms with Crippen LogP contribution in [0, 0.1) is 0 Å². The predicted octanol–water partition coefficient (Wildman–Crippen LogP) is 5.24. The molecule has 0 bridgehead atoms. The van der Waals surface area contributed by atoms with Gasteiger partial charge in [-0.15, -0.1) is 0 Å². The average molecular weight is 468 g/mol. The molecule has 0 spiro atoms. The summed E-state index contributed by atoms with van der Waals surface area (Å²) in [7, 11) is -2.81. The van der Waals surface area contributed by atoms with Crippen LogP contribution in [0.5, 0.6) is 0 Å². The number of carbonyl (C=O) groups excluding carboxylic acids is 1. The van der Waals surface area contributed by atoms with Crippen molar-refractivity contribution in [3.63, 3.8) is 0 Å². The number of hydrogen-bond acceptors (Lipinski definition) is 1. The summed E-state index contributed by atoms with van der Waals surface area (Å²) in [6.07, 6.45) is 0.398. The molecule has 3 aromatic rings. The molecule has 0 atom stereocenters. The van der Waals surface area contributed by atoms with Crippen molar-refractivity contribution in [3.05, 3.63) is 103 Å². The standard InChI is InChI=1S/C22H16Cl3FNOP/c23-22(24,25)21(28)27-20(16-26)29(17-10-4-1-5-11-17,18-12-6-2-7-13-18)19-14-8-3-9-15-19/h1-16H/p+1. The fourth-order valence-electron chi connectivity index (χ4n) is 3.19. The van der Waals surface area contributed by atoms with Crippen LogP contribution in [0.3, 0.4) is 0 Å². The van der Waals surface area contributed by atoms with Crippen molar-refractivity contribution in [2.75, 3.05) is 0 Å². The highest BCUT2D eigenvalue weighted by atomic mass is 35.6. The number of hydrogen-bond donors (Lipinski definition) is 1. The minimum Gasteiger partial charge on any atom is -0.290 e. The molecular formula is C22H17Cl3FNOP+. The smallest absolute Gasteiger partial charge is 0.279 e. The summed E-state index contributed by atoms with van der Waals surface area (Å²) < 4.78 is 12.3. The SMILES string of the molecule is O=C(NC(=CF)[P+](c1ccccc1)(c1ccccc1)c1ccccc1)C(Cl)(Cl)Cl. The monoisotopic (exact) mass is 466 g/mol. The Balaban J connectivity index is 2.35. The predicted molar refractivity (Wildman–Crippen MR) is 123 cm³/mol. The molecule has 0 aliphatic heterocycles. The second-order valence-electron chi connectivity index (χ2n) is 6.12. The summed E-state index contributed by atoms with van der Waals surface area (Å²) in [6.45, 7) is 0. The molecule has 0 saturated heterocycles. The Labute approximate surface area is 184 Å². The maximum atomic E-state index is 14.5. The molecular weight excluding hydrogens is 451 g/mol. The number of rotatable bonds is 5. The first kappa shape index (κ1) is 21.8. The van der Waals surface area contributed by atoms with Crippen LogP contribution in [0.4, 0.5) is 4.39 Å². The van der Waals surface area contributed by atoms with Crippen LogP contribution in [0.2, 0.25) is 0 Å². The lowest BCUT2D eigenvalue weighted by Gasteiger charge is -2.29. The van der Waals surface area contributed by atoms with Gasteiger partial charge in [0.1, 0.15) is 22.2 Å². The normalized spacial score (nSPS) is 12.5. The van der Waals surface area contributed by atoms with E-state index in [0.717, 1.165) is 15.9 Å². The lowest BCUT2D eigenvalue weighted by Crippen LogP contribution is -2.41. The molecule has 0 fully saturated rings. The van der Waals surface area contributed by atoms with Crippen molar-refractivity contribution in [3.8, 4) is 0 Å². The summed E-state index contributed by atoms with van der Waals surface area (Å²) in [5.41, 5.74) is 0.0532. The molecule has 0 heterocycles. The van der Waals surface area contributed by atoms with Crippen LogP contribution < -0.4 is 21.2 Å². The van der Waals surface area contributed by atoms with E-state index in [1.807, 2.05) is 91.0 Å². The molecule has 7 heteroatoms. The Morgan fingerprint density at radius 3 is 1.38 bits per heavy atom. The maximum Gasteiger partial charge on any atom is 0.279 e. The Morgan fingerprint density at radius 1 is 0.759 bits per heavy atom. The lowest BCUT2D eigenvalue weighted by atomic mass is 10.4. The summed E-state index contributed by atoms with van der Waals surface area (Å²) in [6, 6.07) is 28.4. The first-order valence-electron chi connectivity index (χ1n) is 8.65. The topological polar surface area (TPSA) is 29.1 Å². The van der Waals surface area contributed by atoms with Gasteiger partial charge in [0.05, 0.1) is 0 Å². The number of halogens is 4. The third-order valence-electron chi connectivity index (χ3n) is 4.39. The van der Waals surface area contributed by atoms with Gasteiger partial charge in [0.25, 0.3) is 9.70 Å². The van der Waals surface area contributed by atoms with Gasteiger partial charge in [0, 0.05) is 0 Å². The van der Waals surface area contributed by atoms with Crippen LogP contribution >= 0.6 is 42.1 Å². The fraction of sp³-hybridized carbons (Fsp3) is 0.0455. The molecule has 0 aromatic heterocycles. The first-order chi connectivity index (χ1) is 13.9. The Bertz CT molecular complexity index is 896. The number of amides is 1. The second-order valence-corrected chi connectivity index (χ2v) is 11.8. The Morgan fingerprint density at radius 2 is 1.10 bits per heavy atom. The molecule has 0 saturated carbocycles. The van der Waals surface area contributed by atoms with E-state index in [9.17, 15) is 9.18 Å². The molecule has 29 heavy (non-hydrogen) atoms. The summed E-state index contributed by atoms with van der Waals surface area (Å²) in [4.78, 5) is 12.5. The van der Waals surface area contributed by atoms with Crippen molar-refractivity contribution < 1.29 is 9.18 Å². The van der Waals surface area contributed by atoms with Gasteiger partial charge < -0.3 is 0 Å². The highest BCUT2D eigenvalue weighted by Gasteiger charge is 2.52. The van der Waals surface area contributed by atoms with Gasteiger partial charge in [-0.25, -0.2) is 4.39 Å². The largest absolute Gasteiger partial charge is 0.290 e. The average Bonchev–Trinajstić information content (AvgIpc) is 2.75. The van der Waals surface area contributed by atoms with Gasteiger partial charge in [0.15, 0.2) is 7.26 Å². The van der Waals surface area contributed by atoms with E-state index in [1.54, 1.807) is 0 Å². The molecule has 0 radical (unpaired) electrons. The van der Waals surface area contributed by atoms with Crippen LogP contribution in [-0.4, -0.2) is 9.70 Å². The minimum absolute atomic E-state index is 0.0532. The van der Waals surface area contributed by atoms with Gasteiger partial charge in [-0.1, -0.05) is 89.4 Å². The van der Waals surface area contributed by atoms with Crippen LogP contribution in [0.1, 0.15) is 0 Å². The third-order valence-corrected chi connectivity index (χ3v) is 9.06. The highest BCUT2D eigenvalue weighted by molar-refractivity contribution is 7.99. The van der Waals surface area contributed by atoms with E-state index < -0.39 is 17.0 Å². The zero-order chi connectivity index (χ0) is 20.9. The quantitative estimate of drug-likeness (QED) is 0.404. The number of nitrogens with one attached hydrogen (secondary N) is 1. The van der Waals surface area contributed by atoms with E-state index in [2.05, 4.69) is 5.32 Å². The van der Waals surface area contributed by atoms with E-state index in [0.29, 0.717) is 6.33 Å². The van der Waals surface area contributed by atoms with E-state index in [1.165, 1.54) is 0 Å². The second kappa shape index (κ2) is 9.28. The summed E-state index contributed by atoms with van der Waals surface area (Å²) >= 11 is 17.3. The van der Waals surface area contributed by atoms with E-state index in [4.69, 9.17) is 34.8 Å². The molecule has 3 aromatic carbocycles. The van der Waals surface area contributed by atoms with Crippen molar-refractivity contribution in [2.24, 2.45) is 0 Å². The number of carbonyl (C=O) groups is 1. The maximum absolute atomic E-state index is 14.5. The van der Waals surface area contributed by atoms with E-state index in [-0.39, 0.29) is 5.44 Å². The van der Waals surface area contributed by atoms with Crippen LogP contribution in [-0.2, 0) is 4.79 Å². The fourth-order valence-corrected chi connectivity index (χ4v) is 7.34. The lowest BCUT2D eigenvalue weighted by molar-refractivity contribution is -0.119. The van der Waals surface area contributed by atoms with Gasteiger partial charge in [-0.05, 0) is 36.4 Å². The Hall–Kier alpha value is -1.90. The summed E-state index contributed by atoms with van der Waals surface area (Å²) in [5.74, 6) is -0.918. The minimum atomic E-state index is -2.81. The van der Waals surface area contributed by atoms with Gasteiger partial charge in [-0.2, -0.15) is 0 Å². The van der Waals surface area contributed by atoms with Gasteiger partial charge in [0.2, 0.25) is 5.44 Å². The highest BCUT2D eigenvalue weighted by Crippen LogP contribution is 2.61.